The molecule has 7 heteroatoms. The third-order valence-corrected chi connectivity index (χ3v) is 4.83. The molecule has 0 aromatic carbocycles. The normalized spacial score (nSPS) is 18.4. The van der Waals surface area contributed by atoms with Crippen LogP contribution in [0.15, 0.2) is 5.51 Å². The fourth-order valence-electron chi connectivity index (χ4n) is 2.37. The van der Waals surface area contributed by atoms with E-state index in [9.17, 15) is 14.4 Å². The highest BCUT2D eigenvalue weighted by atomic mass is 32.1. The molecule has 0 bridgehead atoms. The van der Waals surface area contributed by atoms with E-state index in [0.29, 0.717) is 12.8 Å². The van der Waals surface area contributed by atoms with Gasteiger partial charge in [-0.1, -0.05) is 13.8 Å². The van der Waals surface area contributed by atoms with E-state index in [-0.39, 0.29) is 6.54 Å². The van der Waals surface area contributed by atoms with E-state index in [1.807, 2.05) is 6.92 Å². The molecule has 6 nitrogen and oxygen atoms in total. The maximum atomic E-state index is 12.6. The summed E-state index contributed by atoms with van der Waals surface area (Å²) in [5.41, 5.74) is 1.34. The van der Waals surface area contributed by atoms with Gasteiger partial charge in [-0.2, -0.15) is 0 Å². The topological polar surface area (TPSA) is 79.4 Å². The van der Waals surface area contributed by atoms with Crippen LogP contribution >= 0.6 is 11.3 Å². The van der Waals surface area contributed by atoms with Crippen molar-refractivity contribution in [1.29, 1.82) is 0 Å². The van der Waals surface area contributed by atoms with Gasteiger partial charge in [-0.15, -0.1) is 11.3 Å². The average Bonchev–Trinajstić information content (AvgIpc) is 2.81. The van der Waals surface area contributed by atoms with Gasteiger partial charge in [-0.3, -0.25) is 19.8 Å². The second-order valence-electron chi connectivity index (χ2n) is 4.80. The maximum Gasteiger partial charge on any atom is 0.331 e. The SMILES string of the molecule is CCC1(CC)C(=O)NC(=O)N(Cc2scnc2C)C1=O. The molecule has 108 valence electrons. The molecule has 20 heavy (non-hydrogen) atoms. The lowest BCUT2D eigenvalue weighted by atomic mass is 9.78. The molecule has 1 aromatic rings. The summed E-state index contributed by atoms with van der Waals surface area (Å²) in [5, 5.41) is 2.30. The second-order valence-corrected chi connectivity index (χ2v) is 5.74. The standard InChI is InChI=1S/C13H17N3O3S/c1-4-13(5-2)10(17)15-12(19)16(11(13)18)6-9-8(3)14-7-20-9/h7H,4-6H2,1-3H3,(H,15,17,19). The van der Waals surface area contributed by atoms with Gasteiger partial charge in [0.15, 0.2) is 0 Å². The Labute approximate surface area is 121 Å². The molecule has 1 saturated heterocycles. The molecule has 4 amide bonds. The third kappa shape index (κ3) is 2.11. The van der Waals surface area contributed by atoms with Crippen molar-refractivity contribution in [3.63, 3.8) is 0 Å². The molecule has 2 heterocycles. The van der Waals surface area contributed by atoms with Crippen LogP contribution in [0, 0.1) is 12.3 Å². The van der Waals surface area contributed by atoms with E-state index in [4.69, 9.17) is 0 Å². The van der Waals surface area contributed by atoms with Crippen LogP contribution in [-0.4, -0.2) is 27.7 Å². The monoisotopic (exact) mass is 295 g/mol. The van der Waals surface area contributed by atoms with Crippen molar-refractivity contribution in [2.24, 2.45) is 5.41 Å². The Kier molecular flexibility index (Phi) is 3.89. The van der Waals surface area contributed by atoms with Crippen LogP contribution in [0.3, 0.4) is 0 Å². The number of aryl methyl sites for hydroxylation is 1. The quantitative estimate of drug-likeness (QED) is 0.860. The summed E-state index contributed by atoms with van der Waals surface area (Å²) >= 11 is 1.39. The highest BCUT2D eigenvalue weighted by molar-refractivity contribution is 7.09. The molecule has 0 aliphatic carbocycles. The first kappa shape index (κ1) is 14.6. The van der Waals surface area contributed by atoms with E-state index in [0.717, 1.165) is 15.5 Å². The number of imide groups is 2. The molecule has 1 fully saturated rings. The van der Waals surface area contributed by atoms with Crippen LogP contribution in [-0.2, 0) is 16.1 Å². The van der Waals surface area contributed by atoms with Crippen LogP contribution in [0.1, 0.15) is 37.3 Å². The minimum atomic E-state index is -1.13. The van der Waals surface area contributed by atoms with Crippen molar-refractivity contribution >= 4 is 29.2 Å². The molecule has 0 spiro atoms. The Balaban J connectivity index is 2.33. The molecular formula is C13H17N3O3S. The largest absolute Gasteiger partial charge is 0.331 e. The zero-order chi connectivity index (χ0) is 14.9. The maximum absolute atomic E-state index is 12.6. The summed E-state index contributed by atoms with van der Waals surface area (Å²) in [5.74, 6) is -0.904. The molecule has 0 radical (unpaired) electrons. The number of carbonyl (C=O) groups is 3. The number of hydrogen-bond acceptors (Lipinski definition) is 5. The number of aromatic nitrogens is 1. The minimum Gasteiger partial charge on any atom is -0.277 e. The second kappa shape index (κ2) is 5.32. The van der Waals surface area contributed by atoms with Gasteiger partial charge >= 0.3 is 6.03 Å². The van der Waals surface area contributed by atoms with Crippen molar-refractivity contribution in [3.8, 4) is 0 Å². The van der Waals surface area contributed by atoms with E-state index >= 15 is 0 Å². The molecule has 0 saturated carbocycles. The highest BCUT2D eigenvalue weighted by Gasteiger charge is 2.51. The van der Waals surface area contributed by atoms with Crippen LogP contribution in [0.25, 0.3) is 0 Å². The molecule has 1 aliphatic heterocycles. The minimum absolute atomic E-state index is 0.163. The number of thiazole rings is 1. The first-order valence-electron chi connectivity index (χ1n) is 6.52. The summed E-state index contributed by atoms with van der Waals surface area (Å²) in [6.45, 7) is 5.56. The van der Waals surface area contributed by atoms with Crippen LogP contribution in [0.5, 0.6) is 0 Å². The van der Waals surface area contributed by atoms with Gasteiger partial charge in [0, 0.05) is 4.88 Å². The van der Waals surface area contributed by atoms with Gasteiger partial charge in [0.05, 0.1) is 17.7 Å². The summed E-state index contributed by atoms with van der Waals surface area (Å²) in [7, 11) is 0. The van der Waals surface area contributed by atoms with E-state index in [2.05, 4.69) is 10.3 Å². The zero-order valence-electron chi connectivity index (χ0n) is 11.7. The van der Waals surface area contributed by atoms with Crippen molar-refractivity contribution < 1.29 is 14.4 Å². The van der Waals surface area contributed by atoms with Crippen molar-refractivity contribution in [2.45, 2.75) is 40.2 Å². The zero-order valence-corrected chi connectivity index (χ0v) is 12.5. The van der Waals surface area contributed by atoms with Gasteiger partial charge < -0.3 is 0 Å². The van der Waals surface area contributed by atoms with E-state index < -0.39 is 23.3 Å². The Morgan fingerprint density at radius 2 is 1.95 bits per heavy atom. The summed E-state index contributed by atoms with van der Waals surface area (Å²) in [6.07, 6.45) is 0.749. The molecular weight excluding hydrogens is 278 g/mol. The van der Waals surface area contributed by atoms with E-state index in [1.165, 1.54) is 11.3 Å². The van der Waals surface area contributed by atoms with E-state index in [1.54, 1.807) is 19.4 Å². The molecule has 1 N–H and O–H groups in total. The molecule has 2 rings (SSSR count). The summed E-state index contributed by atoms with van der Waals surface area (Å²) in [4.78, 5) is 42.6. The third-order valence-electron chi connectivity index (χ3n) is 3.91. The number of amides is 4. The van der Waals surface area contributed by atoms with Crippen molar-refractivity contribution in [2.75, 3.05) is 0 Å². The lowest BCUT2D eigenvalue weighted by Gasteiger charge is -2.38. The number of rotatable bonds is 4. The van der Waals surface area contributed by atoms with Crippen molar-refractivity contribution in [1.82, 2.24) is 15.2 Å². The number of nitrogens with zero attached hydrogens (tertiary/aromatic N) is 2. The number of barbiturate groups is 1. The molecule has 0 unspecified atom stereocenters. The van der Waals surface area contributed by atoms with Crippen molar-refractivity contribution in [3.05, 3.63) is 16.1 Å². The summed E-state index contributed by atoms with van der Waals surface area (Å²) in [6, 6.07) is -0.648. The number of carbonyl (C=O) groups excluding carboxylic acids is 3. The van der Waals surface area contributed by atoms with Gasteiger partial charge in [-0.25, -0.2) is 9.78 Å². The van der Waals surface area contributed by atoms with Gasteiger partial charge in [-0.05, 0) is 19.8 Å². The van der Waals surface area contributed by atoms with Crippen LogP contribution in [0.2, 0.25) is 0 Å². The van der Waals surface area contributed by atoms with Gasteiger partial charge in [0.1, 0.15) is 5.41 Å². The lowest BCUT2D eigenvalue weighted by molar-refractivity contribution is -0.152. The lowest BCUT2D eigenvalue weighted by Crippen LogP contribution is -2.63. The molecule has 1 aromatic heterocycles. The molecule has 0 atom stereocenters. The number of urea groups is 1. The van der Waals surface area contributed by atoms with Gasteiger partial charge in [0.2, 0.25) is 11.8 Å². The predicted molar refractivity (Wildman–Crippen MR) is 74.0 cm³/mol. The molecule has 1 aliphatic rings. The van der Waals surface area contributed by atoms with Gasteiger partial charge in [0.25, 0.3) is 0 Å². The Hall–Kier alpha value is -1.76. The fourth-order valence-corrected chi connectivity index (χ4v) is 3.14. The smallest absolute Gasteiger partial charge is 0.277 e. The average molecular weight is 295 g/mol. The number of hydrogen-bond donors (Lipinski definition) is 1. The fraction of sp³-hybridized carbons (Fsp3) is 0.538. The Morgan fingerprint density at radius 1 is 1.30 bits per heavy atom. The number of nitrogens with one attached hydrogen (secondary N) is 1. The highest BCUT2D eigenvalue weighted by Crippen LogP contribution is 2.33. The Bertz CT molecular complexity index is 563. The van der Waals surface area contributed by atoms with Crippen LogP contribution in [0.4, 0.5) is 4.79 Å². The first-order chi connectivity index (χ1) is 9.46. The Morgan fingerprint density at radius 3 is 2.45 bits per heavy atom. The summed E-state index contributed by atoms with van der Waals surface area (Å²) < 4.78 is 0. The predicted octanol–water partition coefficient (Wildman–Crippen LogP) is 1.84. The van der Waals surface area contributed by atoms with Crippen LogP contribution < -0.4 is 5.32 Å². The first-order valence-corrected chi connectivity index (χ1v) is 7.40.